The first-order chi connectivity index (χ1) is 16.8. The molecule has 0 aliphatic heterocycles. The third kappa shape index (κ3) is 5.92. The van der Waals surface area contributed by atoms with Crippen molar-refractivity contribution in [2.45, 2.75) is 11.5 Å². The van der Waals surface area contributed by atoms with Crippen LogP contribution in [0.4, 0.5) is 5.69 Å². The van der Waals surface area contributed by atoms with Gasteiger partial charge < -0.3 is 10.1 Å². The molecule has 0 aliphatic carbocycles. The zero-order valence-electron chi connectivity index (χ0n) is 18.5. The summed E-state index contributed by atoms with van der Waals surface area (Å²) in [5.74, 6) is -0.0269. The summed E-state index contributed by atoms with van der Waals surface area (Å²) >= 11 is 0. The van der Waals surface area contributed by atoms with Crippen LogP contribution in [-0.4, -0.2) is 14.3 Å². The molecular formula is C27H21N3O4S. The van der Waals surface area contributed by atoms with E-state index in [4.69, 9.17) is 9.88 Å². The predicted octanol–water partition coefficient (Wildman–Crippen LogP) is 4.61. The molecule has 0 radical (unpaired) electrons. The lowest BCUT2D eigenvalue weighted by Crippen LogP contribution is -2.14. The van der Waals surface area contributed by atoms with Crippen molar-refractivity contribution in [3.05, 3.63) is 108 Å². The first kappa shape index (κ1) is 23.7. The van der Waals surface area contributed by atoms with Gasteiger partial charge in [-0.3, -0.25) is 4.79 Å². The lowest BCUT2D eigenvalue weighted by molar-refractivity contribution is -0.112. The molecule has 3 N–H and O–H groups in total. The van der Waals surface area contributed by atoms with Gasteiger partial charge >= 0.3 is 0 Å². The fourth-order valence-electron chi connectivity index (χ4n) is 3.52. The van der Waals surface area contributed by atoms with Crippen LogP contribution in [0.25, 0.3) is 16.8 Å². The van der Waals surface area contributed by atoms with Crippen molar-refractivity contribution in [3.63, 3.8) is 0 Å². The lowest BCUT2D eigenvalue weighted by atomic mass is 10.1. The second-order valence-corrected chi connectivity index (χ2v) is 9.25. The Morgan fingerprint density at radius 1 is 0.971 bits per heavy atom. The highest BCUT2D eigenvalue weighted by atomic mass is 32.2. The van der Waals surface area contributed by atoms with Crippen LogP contribution < -0.4 is 15.2 Å². The Balaban J connectivity index is 1.47. The summed E-state index contributed by atoms with van der Waals surface area (Å²) < 4.78 is 28.7. The quantitative estimate of drug-likeness (QED) is 0.294. The standard InChI is InChI=1S/C27H21N3O4S/c28-17-22(27(31)30-23-11-13-25(14-12-23)35(29,32)33)15-19-5-3-9-24(16-19)34-18-21-8-4-7-20-6-1-2-10-26(20)21/h1-16H,18H2,(H,30,31)(H2,29,32,33)/b22-15-. The zero-order chi connectivity index (χ0) is 24.8. The van der Waals surface area contributed by atoms with Gasteiger partial charge in [-0.05, 0) is 64.4 Å². The zero-order valence-corrected chi connectivity index (χ0v) is 19.3. The maximum absolute atomic E-state index is 12.6. The minimum Gasteiger partial charge on any atom is -0.489 e. The molecule has 4 aromatic carbocycles. The predicted molar refractivity (Wildman–Crippen MR) is 135 cm³/mol. The monoisotopic (exact) mass is 483 g/mol. The van der Waals surface area contributed by atoms with Crippen molar-refractivity contribution in [1.29, 1.82) is 5.26 Å². The van der Waals surface area contributed by atoms with Crippen LogP contribution >= 0.6 is 0 Å². The van der Waals surface area contributed by atoms with E-state index in [0.29, 0.717) is 23.6 Å². The van der Waals surface area contributed by atoms with E-state index in [2.05, 4.69) is 5.32 Å². The Morgan fingerprint density at radius 2 is 1.69 bits per heavy atom. The highest BCUT2D eigenvalue weighted by Crippen LogP contribution is 2.22. The van der Waals surface area contributed by atoms with Gasteiger partial charge in [-0.25, -0.2) is 13.6 Å². The Kier molecular flexibility index (Phi) is 6.92. The number of sulfonamides is 1. The van der Waals surface area contributed by atoms with Gasteiger partial charge in [0.25, 0.3) is 5.91 Å². The molecule has 0 unspecified atom stereocenters. The van der Waals surface area contributed by atoms with Crippen molar-refractivity contribution in [2.75, 3.05) is 5.32 Å². The normalized spacial score (nSPS) is 11.6. The molecule has 1 amide bonds. The number of carbonyl (C=O) groups excluding carboxylic acids is 1. The van der Waals surface area contributed by atoms with Crippen molar-refractivity contribution < 1.29 is 17.9 Å². The first-order valence-corrected chi connectivity index (χ1v) is 12.1. The fourth-order valence-corrected chi connectivity index (χ4v) is 4.03. The van der Waals surface area contributed by atoms with Gasteiger partial charge in [-0.1, -0.05) is 54.6 Å². The van der Waals surface area contributed by atoms with E-state index in [-0.39, 0.29) is 10.5 Å². The number of hydrogen-bond donors (Lipinski definition) is 2. The minimum absolute atomic E-state index is 0.0770. The maximum atomic E-state index is 12.6. The topological polar surface area (TPSA) is 122 Å². The van der Waals surface area contributed by atoms with Gasteiger partial charge in [0.05, 0.1) is 4.90 Å². The van der Waals surface area contributed by atoms with E-state index in [9.17, 15) is 18.5 Å². The molecule has 0 atom stereocenters. The van der Waals surface area contributed by atoms with Crippen molar-refractivity contribution in [1.82, 2.24) is 0 Å². The van der Waals surface area contributed by atoms with E-state index >= 15 is 0 Å². The number of nitrogens with one attached hydrogen (secondary N) is 1. The Bertz CT molecular complexity index is 1570. The van der Waals surface area contributed by atoms with Gasteiger partial charge in [-0.2, -0.15) is 5.26 Å². The van der Waals surface area contributed by atoms with Crippen LogP contribution in [0.5, 0.6) is 5.75 Å². The molecule has 4 aromatic rings. The molecule has 7 nitrogen and oxygen atoms in total. The van der Waals surface area contributed by atoms with Crippen molar-refractivity contribution >= 4 is 38.5 Å². The Labute approximate surface area is 203 Å². The molecule has 0 heterocycles. The van der Waals surface area contributed by atoms with Crippen LogP contribution in [-0.2, 0) is 21.4 Å². The van der Waals surface area contributed by atoms with Gasteiger partial charge in [-0.15, -0.1) is 0 Å². The van der Waals surface area contributed by atoms with Crippen molar-refractivity contribution in [3.8, 4) is 11.8 Å². The minimum atomic E-state index is -3.84. The molecule has 0 aromatic heterocycles. The summed E-state index contributed by atoms with van der Waals surface area (Å²) in [6, 6.07) is 28.5. The average Bonchev–Trinajstić information content (AvgIpc) is 2.86. The van der Waals surface area contributed by atoms with Gasteiger partial charge in [0.2, 0.25) is 10.0 Å². The lowest BCUT2D eigenvalue weighted by Gasteiger charge is -2.10. The second kappa shape index (κ2) is 10.2. The van der Waals surface area contributed by atoms with Crippen molar-refractivity contribution in [2.24, 2.45) is 5.14 Å². The summed E-state index contributed by atoms with van der Waals surface area (Å²) in [6.07, 6.45) is 1.46. The maximum Gasteiger partial charge on any atom is 0.266 e. The molecule has 0 fully saturated rings. The number of amides is 1. The average molecular weight is 484 g/mol. The summed E-state index contributed by atoms with van der Waals surface area (Å²) in [6.45, 7) is 0.370. The number of carbonyl (C=O) groups is 1. The number of nitriles is 1. The number of primary sulfonamides is 1. The van der Waals surface area contributed by atoms with Gasteiger partial charge in [0.1, 0.15) is 24.0 Å². The largest absolute Gasteiger partial charge is 0.489 e. The van der Waals surface area contributed by atoms with E-state index < -0.39 is 15.9 Å². The molecule has 0 saturated carbocycles. The van der Waals surface area contributed by atoms with E-state index in [1.807, 2.05) is 54.6 Å². The summed E-state index contributed by atoms with van der Waals surface area (Å²) in [5.41, 5.74) is 1.88. The van der Waals surface area contributed by atoms with Crippen LogP contribution in [0, 0.1) is 11.3 Å². The Hall–Kier alpha value is -4.45. The van der Waals surface area contributed by atoms with Crippen LogP contribution in [0.15, 0.2) is 101 Å². The van der Waals surface area contributed by atoms with E-state index in [1.54, 1.807) is 18.2 Å². The third-order valence-electron chi connectivity index (χ3n) is 5.25. The smallest absolute Gasteiger partial charge is 0.266 e. The number of anilines is 1. The molecule has 174 valence electrons. The summed E-state index contributed by atoms with van der Waals surface area (Å²) in [5, 5.41) is 19.4. The number of benzene rings is 4. The molecule has 0 aliphatic rings. The number of hydrogen-bond acceptors (Lipinski definition) is 5. The highest BCUT2D eigenvalue weighted by Gasteiger charge is 2.12. The molecule has 0 bridgehead atoms. The second-order valence-electron chi connectivity index (χ2n) is 7.69. The van der Waals surface area contributed by atoms with Crippen LogP contribution in [0.3, 0.4) is 0 Å². The van der Waals surface area contributed by atoms with Gasteiger partial charge in [0.15, 0.2) is 0 Å². The Morgan fingerprint density at radius 3 is 2.43 bits per heavy atom. The number of nitrogens with zero attached hydrogens (tertiary/aromatic N) is 1. The number of nitrogens with two attached hydrogens (primary N) is 1. The SMILES string of the molecule is N#C/C(=C/c1cccc(OCc2cccc3ccccc23)c1)C(=O)Nc1ccc(S(N)(=O)=O)cc1. The van der Waals surface area contributed by atoms with E-state index in [1.165, 1.54) is 30.3 Å². The third-order valence-corrected chi connectivity index (χ3v) is 6.18. The molecule has 0 saturated heterocycles. The van der Waals surface area contributed by atoms with E-state index in [0.717, 1.165) is 16.3 Å². The van der Waals surface area contributed by atoms with Crippen LogP contribution in [0.2, 0.25) is 0 Å². The number of fused-ring (bicyclic) bond motifs is 1. The van der Waals surface area contributed by atoms with Crippen LogP contribution in [0.1, 0.15) is 11.1 Å². The first-order valence-electron chi connectivity index (χ1n) is 10.6. The molecule has 35 heavy (non-hydrogen) atoms. The molecule has 8 heteroatoms. The summed E-state index contributed by atoms with van der Waals surface area (Å²) in [4.78, 5) is 12.5. The highest BCUT2D eigenvalue weighted by molar-refractivity contribution is 7.89. The number of ether oxygens (including phenoxy) is 1. The fraction of sp³-hybridized carbons (Fsp3) is 0.0370. The number of rotatable bonds is 7. The summed E-state index contributed by atoms with van der Waals surface area (Å²) in [7, 11) is -3.84. The molecular weight excluding hydrogens is 462 g/mol. The molecule has 4 rings (SSSR count). The molecule has 0 spiro atoms. The van der Waals surface area contributed by atoms with Gasteiger partial charge in [0, 0.05) is 5.69 Å².